The van der Waals surface area contributed by atoms with Crippen molar-refractivity contribution in [1.82, 2.24) is 4.98 Å². The van der Waals surface area contributed by atoms with Gasteiger partial charge >= 0.3 is 0 Å². The van der Waals surface area contributed by atoms with Crippen molar-refractivity contribution in [3.63, 3.8) is 0 Å². The maximum Gasteiger partial charge on any atom is 0.126 e. The number of aryl methyl sites for hydroxylation is 1. The van der Waals surface area contributed by atoms with Crippen molar-refractivity contribution in [3.8, 4) is 5.75 Å². The van der Waals surface area contributed by atoms with Crippen LogP contribution in [0.3, 0.4) is 0 Å². The van der Waals surface area contributed by atoms with Crippen LogP contribution in [0.25, 0.3) is 0 Å². The molecule has 0 saturated heterocycles. The Bertz CT molecular complexity index is 626. The summed E-state index contributed by atoms with van der Waals surface area (Å²) in [5, 5.41) is 13.9. The predicted molar refractivity (Wildman–Crippen MR) is 80.9 cm³/mol. The molecule has 0 fully saturated rings. The third-order valence-corrected chi connectivity index (χ3v) is 4.56. The SMILES string of the molecule is Cc1csc(CC(O)Cc2cc(Cl)cc3c2OCC3)n1. The lowest BCUT2D eigenvalue weighted by Gasteiger charge is -2.13. The summed E-state index contributed by atoms with van der Waals surface area (Å²) in [6.07, 6.45) is 1.54. The first-order chi connectivity index (χ1) is 9.61. The molecule has 1 N–H and O–H groups in total. The molecular formula is C15H16ClNO2S. The van der Waals surface area contributed by atoms with E-state index in [1.54, 1.807) is 11.3 Å². The molecule has 1 atom stereocenters. The van der Waals surface area contributed by atoms with Gasteiger partial charge in [-0.3, -0.25) is 0 Å². The highest BCUT2D eigenvalue weighted by Gasteiger charge is 2.20. The van der Waals surface area contributed by atoms with Gasteiger partial charge in [0.1, 0.15) is 5.75 Å². The molecule has 1 unspecified atom stereocenters. The monoisotopic (exact) mass is 309 g/mol. The zero-order chi connectivity index (χ0) is 14.1. The topological polar surface area (TPSA) is 42.4 Å². The zero-order valence-electron chi connectivity index (χ0n) is 11.2. The number of rotatable bonds is 4. The fraction of sp³-hybridized carbons (Fsp3) is 0.400. The number of thiazole rings is 1. The van der Waals surface area contributed by atoms with E-state index in [0.717, 1.165) is 34.0 Å². The number of nitrogens with zero attached hydrogens (tertiary/aromatic N) is 1. The van der Waals surface area contributed by atoms with Crippen LogP contribution in [0.5, 0.6) is 5.75 Å². The summed E-state index contributed by atoms with van der Waals surface area (Å²) < 4.78 is 5.66. The maximum atomic E-state index is 10.3. The molecule has 0 amide bonds. The van der Waals surface area contributed by atoms with Crippen molar-refractivity contribution in [2.45, 2.75) is 32.3 Å². The van der Waals surface area contributed by atoms with Gasteiger partial charge in [-0.1, -0.05) is 11.6 Å². The Morgan fingerprint density at radius 2 is 2.30 bits per heavy atom. The molecule has 1 aromatic heterocycles. The highest BCUT2D eigenvalue weighted by Crippen LogP contribution is 2.33. The van der Waals surface area contributed by atoms with Gasteiger partial charge < -0.3 is 9.84 Å². The van der Waals surface area contributed by atoms with Crippen molar-refractivity contribution >= 4 is 22.9 Å². The number of halogens is 1. The van der Waals surface area contributed by atoms with Crippen LogP contribution in [0.2, 0.25) is 5.02 Å². The quantitative estimate of drug-likeness (QED) is 0.943. The van der Waals surface area contributed by atoms with Crippen LogP contribution >= 0.6 is 22.9 Å². The molecule has 106 valence electrons. The lowest BCUT2D eigenvalue weighted by atomic mass is 10.0. The maximum absolute atomic E-state index is 10.3. The fourth-order valence-electron chi connectivity index (χ4n) is 2.52. The number of aliphatic hydroxyl groups excluding tert-OH is 1. The van der Waals surface area contributed by atoms with E-state index in [2.05, 4.69) is 4.98 Å². The van der Waals surface area contributed by atoms with E-state index in [-0.39, 0.29) is 0 Å². The lowest BCUT2D eigenvalue weighted by Crippen LogP contribution is -2.14. The van der Waals surface area contributed by atoms with Crippen molar-refractivity contribution in [3.05, 3.63) is 44.4 Å². The Hall–Kier alpha value is -1.10. The van der Waals surface area contributed by atoms with E-state index in [1.165, 1.54) is 0 Å². The standard InChI is InChI=1S/C15H16ClNO2S/c1-9-8-20-14(17-9)7-13(18)6-11-5-12(16)4-10-2-3-19-15(10)11/h4-5,8,13,18H,2-3,6-7H2,1H3. The largest absolute Gasteiger partial charge is 0.493 e. The van der Waals surface area contributed by atoms with Crippen molar-refractivity contribution in [1.29, 1.82) is 0 Å². The van der Waals surface area contributed by atoms with Gasteiger partial charge in [-0.05, 0) is 30.2 Å². The molecule has 0 saturated carbocycles. The molecule has 5 heteroatoms. The van der Waals surface area contributed by atoms with E-state index in [1.807, 2.05) is 24.4 Å². The molecule has 2 heterocycles. The summed E-state index contributed by atoms with van der Waals surface area (Å²) in [5.74, 6) is 0.906. The minimum atomic E-state index is -0.465. The molecule has 20 heavy (non-hydrogen) atoms. The Labute approximate surface area is 127 Å². The minimum absolute atomic E-state index is 0.465. The Balaban J connectivity index is 1.74. The third kappa shape index (κ3) is 2.97. The van der Waals surface area contributed by atoms with Crippen LogP contribution in [0, 0.1) is 6.92 Å². The number of fused-ring (bicyclic) bond motifs is 1. The van der Waals surface area contributed by atoms with Crippen LogP contribution in [0.4, 0.5) is 0 Å². The molecule has 3 rings (SSSR count). The third-order valence-electron chi connectivity index (χ3n) is 3.36. The second-order valence-electron chi connectivity index (χ2n) is 5.10. The first kappa shape index (κ1) is 13.9. The van der Waals surface area contributed by atoms with Gasteiger partial charge in [-0.15, -0.1) is 11.3 Å². The van der Waals surface area contributed by atoms with Crippen LogP contribution < -0.4 is 4.74 Å². The van der Waals surface area contributed by atoms with E-state index < -0.39 is 6.10 Å². The molecule has 1 aromatic carbocycles. The summed E-state index contributed by atoms with van der Waals surface area (Å²) in [7, 11) is 0. The van der Waals surface area contributed by atoms with Gasteiger partial charge in [-0.25, -0.2) is 4.98 Å². The predicted octanol–water partition coefficient (Wildman–Crippen LogP) is 3.19. The van der Waals surface area contributed by atoms with Crippen molar-refractivity contribution in [2.24, 2.45) is 0 Å². The van der Waals surface area contributed by atoms with Crippen LogP contribution in [-0.2, 0) is 19.3 Å². The Morgan fingerprint density at radius 3 is 3.05 bits per heavy atom. The van der Waals surface area contributed by atoms with Gasteiger partial charge in [-0.2, -0.15) is 0 Å². The number of ether oxygens (including phenoxy) is 1. The number of aliphatic hydroxyl groups is 1. The number of aromatic nitrogens is 1. The van der Waals surface area contributed by atoms with Gasteiger partial charge in [0.25, 0.3) is 0 Å². The molecule has 0 aliphatic carbocycles. The molecule has 1 aliphatic rings. The van der Waals surface area contributed by atoms with E-state index in [9.17, 15) is 5.11 Å². The van der Waals surface area contributed by atoms with Gasteiger partial charge in [0.05, 0.1) is 17.7 Å². The second-order valence-corrected chi connectivity index (χ2v) is 6.48. The molecule has 0 bridgehead atoms. The number of hydrogen-bond acceptors (Lipinski definition) is 4. The number of benzene rings is 1. The van der Waals surface area contributed by atoms with Gasteiger partial charge in [0, 0.05) is 35.4 Å². The van der Waals surface area contributed by atoms with E-state index in [0.29, 0.717) is 24.5 Å². The van der Waals surface area contributed by atoms with Gasteiger partial charge in [0.15, 0.2) is 0 Å². The minimum Gasteiger partial charge on any atom is -0.493 e. The van der Waals surface area contributed by atoms with E-state index >= 15 is 0 Å². The molecule has 0 radical (unpaired) electrons. The molecule has 3 nitrogen and oxygen atoms in total. The second kappa shape index (κ2) is 5.72. The first-order valence-corrected chi connectivity index (χ1v) is 7.91. The Morgan fingerprint density at radius 1 is 1.45 bits per heavy atom. The average Bonchev–Trinajstić information content (AvgIpc) is 2.98. The molecule has 0 spiro atoms. The van der Waals surface area contributed by atoms with Crippen molar-refractivity contribution < 1.29 is 9.84 Å². The van der Waals surface area contributed by atoms with Gasteiger partial charge in [0.2, 0.25) is 0 Å². The van der Waals surface area contributed by atoms with Crippen LogP contribution in [0.15, 0.2) is 17.5 Å². The smallest absolute Gasteiger partial charge is 0.126 e. The summed E-state index contributed by atoms with van der Waals surface area (Å²) >= 11 is 7.72. The van der Waals surface area contributed by atoms with Crippen LogP contribution in [-0.4, -0.2) is 22.8 Å². The normalized spacial score (nSPS) is 14.9. The fourth-order valence-corrected chi connectivity index (χ4v) is 3.63. The molecule has 2 aromatic rings. The van der Waals surface area contributed by atoms with Crippen LogP contribution in [0.1, 0.15) is 21.8 Å². The highest BCUT2D eigenvalue weighted by atomic mass is 35.5. The summed E-state index contributed by atoms with van der Waals surface area (Å²) in [5.41, 5.74) is 3.14. The van der Waals surface area contributed by atoms with E-state index in [4.69, 9.17) is 16.3 Å². The first-order valence-electron chi connectivity index (χ1n) is 6.65. The Kier molecular flexibility index (Phi) is 3.96. The summed E-state index contributed by atoms with van der Waals surface area (Å²) in [6.45, 7) is 2.66. The molecule has 1 aliphatic heterocycles. The summed E-state index contributed by atoms with van der Waals surface area (Å²) in [6, 6.07) is 3.84. The lowest BCUT2D eigenvalue weighted by molar-refractivity contribution is 0.174. The number of hydrogen-bond donors (Lipinski definition) is 1. The van der Waals surface area contributed by atoms with Crippen molar-refractivity contribution in [2.75, 3.05) is 6.61 Å². The average molecular weight is 310 g/mol. The highest BCUT2D eigenvalue weighted by molar-refractivity contribution is 7.09. The zero-order valence-corrected chi connectivity index (χ0v) is 12.8. The molecular weight excluding hydrogens is 294 g/mol. The summed E-state index contributed by atoms with van der Waals surface area (Å²) in [4.78, 5) is 4.38.